The van der Waals surface area contributed by atoms with Crippen molar-refractivity contribution in [2.75, 3.05) is 0 Å². The molecule has 0 atom stereocenters. The lowest BCUT2D eigenvalue weighted by Gasteiger charge is -2.07. The second-order valence-corrected chi connectivity index (χ2v) is 4.46. The van der Waals surface area contributed by atoms with Crippen LogP contribution in [0.4, 0.5) is 13.2 Å². The number of hydrogen-bond donors (Lipinski definition) is 1. The fourth-order valence-electron chi connectivity index (χ4n) is 1.80. The van der Waals surface area contributed by atoms with Gasteiger partial charge in [-0.25, -0.2) is 0 Å². The average Bonchev–Trinajstić information content (AvgIpc) is 2.94. The predicted molar refractivity (Wildman–Crippen MR) is 71.2 cm³/mol. The summed E-state index contributed by atoms with van der Waals surface area (Å²) in [6, 6.07) is 9.58. The molecular weight excluding hydrogens is 297 g/mol. The molecule has 1 aromatic carbocycles. The van der Waals surface area contributed by atoms with Gasteiger partial charge in [-0.15, -0.1) is 0 Å². The highest BCUT2D eigenvalue weighted by atomic mass is 19.4. The Morgan fingerprint density at radius 3 is 2.73 bits per heavy atom. The van der Waals surface area contributed by atoms with Gasteiger partial charge in [0.2, 0.25) is 5.91 Å². The molecule has 0 unspecified atom stereocenters. The van der Waals surface area contributed by atoms with E-state index in [-0.39, 0.29) is 18.7 Å². The van der Waals surface area contributed by atoms with E-state index in [1.165, 1.54) is 18.2 Å². The molecule has 2 aromatic rings. The highest BCUT2D eigenvalue weighted by Crippen LogP contribution is 2.32. The van der Waals surface area contributed by atoms with Crippen LogP contribution in [0.3, 0.4) is 0 Å². The van der Waals surface area contributed by atoms with E-state index in [0.29, 0.717) is 11.3 Å². The van der Waals surface area contributed by atoms with E-state index in [2.05, 4.69) is 5.32 Å². The molecule has 0 aliphatic heterocycles. The maximum Gasteiger partial charge on any atom is 0.416 e. The van der Waals surface area contributed by atoms with E-state index in [9.17, 15) is 18.0 Å². The van der Waals surface area contributed by atoms with Crippen molar-refractivity contribution >= 4 is 5.91 Å². The number of rotatable bonds is 4. The zero-order valence-electron chi connectivity index (χ0n) is 11.3. The normalized spacial score (nSPS) is 11.0. The largest absolute Gasteiger partial charge is 0.459 e. The maximum atomic E-state index is 12.7. The van der Waals surface area contributed by atoms with Crippen LogP contribution < -0.4 is 5.32 Å². The molecule has 0 radical (unpaired) electrons. The molecule has 0 saturated carbocycles. The molecule has 1 N–H and O–H groups in total. The summed E-state index contributed by atoms with van der Waals surface area (Å²) in [5.74, 6) is 0.217. The lowest BCUT2D eigenvalue weighted by molar-refractivity contribution is -0.137. The highest BCUT2D eigenvalue weighted by Gasteiger charge is 2.30. The summed E-state index contributed by atoms with van der Waals surface area (Å²) >= 11 is 0. The second kappa shape index (κ2) is 6.35. The number of furan rings is 1. The molecule has 0 spiro atoms. The summed E-state index contributed by atoms with van der Waals surface area (Å²) in [7, 11) is 0. The minimum Gasteiger partial charge on any atom is -0.459 e. The molecule has 0 aliphatic rings. The number of benzene rings is 1. The van der Waals surface area contributed by atoms with Gasteiger partial charge in [-0.2, -0.15) is 18.4 Å². The van der Waals surface area contributed by atoms with E-state index < -0.39 is 17.6 Å². The number of amides is 1. The van der Waals surface area contributed by atoms with Crippen LogP contribution in [0, 0.1) is 11.3 Å². The van der Waals surface area contributed by atoms with Crippen molar-refractivity contribution in [1.82, 2.24) is 5.32 Å². The lowest BCUT2D eigenvalue weighted by Crippen LogP contribution is -2.21. The van der Waals surface area contributed by atoms with Crippen molar-refractivity contribution < 1.29 is 22.4 Å². The van der Waals surface area contributed by atoms with Gasteiger partial charge in [0.1, 0.15) is 17.9 Å². The van der Waals surface area contributed by atoms with Crippen molar-refractivity contribution in [3.05, 3.63) is 47.7 Å². The molecule has 7 heteroatoms. The van der Waals surface area contributed by atoms with Crippen molar-refractivity contribution in [2.45, 2.75) is 19.1 Å². The Morgan fingerprint density at radius 2 is 2.05 bits per heavy atom. The first-order valence-corrected chi connectivity index (χ1v) is 6.30. The number of nitriles is 1. The minimum atomic E-state index is -4.42. The summed E-state index contributed by atoms with van der Waals surface area (Å²) in [4.78, 5) is 11.1. The maximum absolute atomic E-state index is 12.7. The van der Waals surface area contributed by atoms with Crippen LogP contribution in [0.1, 0.15) is 17.7 Å². The lowest BCUT2D eigenvalue weighted by atomic mass is 10.1. The zero-order valence-corrected chi connectivity index (χ0v) is 11.3. The summed E-state index contributed by atoms with van der Waals surface area (Å²) < 4.78 is 43.4. The van der Waals surface area contributed by atoms with Gasteiger partial charge < -0.3 is 9.73 Å². The van der Waals surface area contributed by atoms with Crippen LogP contribution in [0.25, 0.3) is 11.3 Å². The third kappa shape index (κ3) is 3.88. The molecule has 1 amide bonds. The molecule has 0 saturated heterocycles. The first kappa shape index (κ1) is 15.6. The Hall–Kier alpha value is -2.75. The molecular formula is C15H11F3N2O2. The van der Waals surface area contributed by atoms with Crippen LogP contribution in [0.5, 0.6) is 0 Å². The molecule has 4 nitrogen and oxygen atoms in total. The van der Waals surface area contributed by atoms with Gasteiger partial charge in [-0.05, 0) is 24.3 Å². The van der Waals surface area contributed by atoms with E-state index in [4.69, 9.17) is 9.68 Å². The van der Waals surface area contributed by atoms with Crippen LogP contribution in [-0.2, 0) is 17.5 Å². The average molecular weight is 308 g/mol. The number of halogens is 3. The van der Waals surface area contributed by atoms with Gasteiger partial charge in [0.05, 0.1) is 18.2 Å². The number of hydrogen-bond acceptors (Lipinski definition) is 3. The second-order valence-electron chi connectivity index (χ2n) is 4.46. The monoisotopic (exact) mass is 308 g/mol. The number of carbonyl (C=O) groups excluding carboxylic acids is 1. The van der Waals surface area contributed by atoms with Crippen molar-refractivity contribution in [2.24, 2.45) is 0 Å². The predicted octanol–water partition coefficient (Wildman–Crippen LogP) is 3.50. The van der Waals surface area contributed by atoms with Gasteiger partial charge in [0, 0.05) is 5.56 Å². The van der Waals surface area contributed by atoms with Crippen molar-refractivity contribution in [1.29, 1.82) is 5.26 Å². The summed E-state index contributed by atoms with van der Waals surface area (Å²) in [5.41, 5.74) is -0.463. The van der Waals surface area contributed by atoms with Gasteiger partial charge in [-0.1, -0.05) is 12.1 Å². The molecule has 0 aliphatic carbocycles. The van der Waals surface area contributed by atoms with Crippen molar-refractivity contribution in [3.8, 4) is 17.4 Å². The number of nitrogens with zero attached hydrogens (tertiary/aromatic N) is 1. The van der Waals surface area contributed by atoms with Crippen LogP contribution >= 0.6 is 0 Å². The van der Waals surface area contributed by atoms with Gasteiger partial charge in [0.25, 0.3) is 0 Å². The van der Waals surface area contributed by atoms with E-state index >= 15 is 0 Å². The molecule has 114 valence electrons. The minimum absolute atomic E-state index is 0.0689. The van der Waals surface area contributed by atoms with Crippen molar-refractivity contribution in [3.63, 3.8) is 0 Å². The molecule has 0 fully saturated rings. The van der Waals surface area contributed by atoms with E-state index in [1.54, 1.807) is 12.1 Å². The third-order valence-corrected chi connectivity index (χ3v) is 2.84. The summed E-state index contributed by atoms with van der Waals surface area (Å²) in [5, 5.41) is 10.8. The van der Waals surface area contributed by atoms with Gasteiger partial charge in [-0.3, -0.25) is 4.79 Å². The molecule has 0 bridgehead atoms. The Morgan fingerprint density at radius 1 is 1.27 bits per heavy atom. The standard InChI is InChI=1S/C15H11F3N2O2/c16-15(17,18)11-3-1-2-10(8-11)13-5-4-12(22-13)9-20-14(21)6-7-19/h1-5,8H,6,9H2,(H,20,21). The Balaban J connectivity index is 2.12. The first-order valence-electron chi connectivity index (χ1n) is 6.30. The smallest absolute Gasteiger partial charge is 0.416 e. The third-order valence-electron chi connectivity index (χ3n) is 2.84. The fourth-order valence-corrected chi connectivity index (χ4v) is 1.80. The Bertz CT molecular complexity index is 714. The molecule has 1 heterocycles. The number of alkyl halides is 3. The summed E-state index contributed by atoms with van der Waals surface area (Å²) in [6.45, 7) is 0.0689. The van der Waals surface area contributed by atoms with Crippen LogP contribution in [0.2, 0.25) is 0 Å². The first-order chi connectivity index (χ1) is 10.4. The van der Waals surface area contributed by atoms with E-state index in [0.717, 1.165) is 12.1 Å². The molecule has 2 rings (SSSR count). The SMILES string of the molecule is N#CCC(=O)NCc1ccc(-c2cccc(C(F)(F)F)c2)o1. The fraction of sp³-hybridized carbons (Fsp3) is 0.200. The number of nitrogens with one attached hydrogen (secondary N) is 1. The van der Waals surface area contributed by atoms with Gasteiger partial charge in [0.15, 0.2) is 0 Å². The molecule has 22 heavy (non-hydrogen) atoms. The highest BCUT2D eigenvalue weighted by molar-refractivity contribution is 5.77. The quantitative estimate of drug-likeness (QED) is 0.940. The zero-order chi connectivity index (χ0) is 16.2. The Kier molecular flexibility index (Phi) is 4.51. The van der Waals surface area contributed by atoms with E-state index in [1.807, 2.05) is 0 Å². The van der Waals surface area contributed by atoms with Crippen LogP contribution in [0.15, 0.2) is 40.8 Å². The molecule has 1 aromatic heterocycles. The number of carbonyl (C=O) groups is 1. The van der Waals surface area contributed by atoms with Gasteiger partial charge >= 0.3 is 6.18 Å². The topological polar surface area (TPSA) is 66.0 Å². The Labute approximate surface area is 124 Å². The summed E-state index contributed by atoms with van der Waals surface area (Å²) in [6.07, 6.45) is -4.68. The van der Waals surface area contributed by atoms with Crippen LogP contribution in [-0.4, -0.2) is 5.91 Å².